The Bertz CT molecular complexity index is 1250. The summed E-state index contributed by atoms with van der Waals surface area (Å²) in [5.74, 6) is 0.382. The summed E-state index contributed by atoms with van der Waals surface area (Å²) < 4.78 is 45.2. The highest BCUT2D eigenvalue weighted by Crippen LogP contribution is 2.35. The number of halogens is 4. The van der Waals surface area contributed by atoms with Gasteiger partial charge in [-0.05, 0) is 30.7 Å². The van der Waals surface area contributed by atoms with E-state index in [2.05, 4.69) is 10.1 Å². The highest BCUT2D eigenvalue weighted by Gasteiger charge is 2.28. The molecule has 1 aromatic carbocycles. The molecule has 3 aromatic heterocycles. The van der Waals surface area contributed by atoms with Gasteiger partial charge in [0.1, 0.15) is 12.3 Å². The second-order valence-electron chi connectivity index (χ2n) is 6.77. The molecule has 0 aliphatic rings. The fraction of sp³-hybridized carbons (Fsp3) is 0.200. The summed E-state index contributed by atoms with van der Waals surface area (Å²) in [6, 6.07) is 7.07. The maximum Gasteiger partial charge on any atom is 0.408 e. The third kappa shape index (κ3) is 3.68. The van der Waals surface area contributed by atoms with Gasteiger partial charge in [0.05, 0.1) is 40.6 Å². The van der Waals surface area contributed by atoms with Crippen LogP contribution < -0.4 is 4.74 Å². The van der Waals surface area contributed by atoms with Crippen molar-refractivity contribution in [1.29, 1.82) is 0 Å². The van der Waals surface area contributed by atoms with E-state index in [1.807, 2.05) is 13.0 Å². The van der Waals surface area contributed by atoms with Crippen LogP contribution in [0, 0.1) is 6.92 Å². The summed E-state index contributed by atoms with van der Waals surface area (Å²) in [6.45, 7) is 0.603. The average Bonchev–Trinajstić information content (AvgIpc) is 3.25. The zero-order valence-corrected chi connectivity index (χ0v) is 16.7. The molecule has 0 saturated carbocycles. The molecular weight excluding hydrogens is 421 g/mol. The van der Waals surface area contributed by atoms with Crippen LogP contribution in [0.4, 0.5) is 13.2 Å². The van der Waals surface area contributed by atoms with Crippen LogP contribution in [0.1, 0.15) is 5.56 Å². The van der Waals surface area contributed by atoms with Gasteiger partial charge in [-0.15, -0.1) is 0 Å². The third-order valence-electron chi connectivity index (χ3n) is 4.63. The van der Waals surface area contributed by atoms with E-state index in [1.165, 1.54) is 24.1 Å². The molecule has 0 aliphatic heterocycles. The van der Waals surface area contributed by atoms with Crippen molar-refractivity contribution >= 4 is 22.5 Å². The molecule has 10 heteroatoms. The second-order valence-corrected chi connectivity index (χ2v) is 7.18. The van der Waals surface area contributed by atoms with E-state index in [-0.39, 0.29) is 5.88 Å². The number of fused-ring (bicyclic) bond motifs is 1. The topological polar surface area (TPSA) is 65.1 Å². The summed E-state index contributed by atoms with van der Waals surface area (Å²) >= 11 is 6.08. The van der Waals surface area contributed by atoms with E-state index in [0.29, 0.717) is 33.1 Å². The molecule has 156 valence electrons. The van der Waals surface area contributed by atoms with Gasteiger partial charge in [0.25, 0.3) is 0 Å². The minimum absolute atomic E-state index is 0.123. The minimum Gasteiger partial charge on any atom is -0.495 e. The van der Waals surface area contributed by atoms with Crippen LogP contribution >= 0.6 is 11.6 Å². The highest BCUT2D eigenvalue weighted by molar-refractivity contribution is 6.32. The first-order valence-corrected chi connectivity index (χ1v) is 9.19. The number of methoxy groups -OCH3 is 1. The lowest BCUT2D eigenvalue weighted by Crippen LogP contribution is -2.17. The highest BCUT2D eigenvalue weighted by atomic mass is 35.5. The lowest BCUT2D eigenvalue weighted by Gasteiger charge is -2.08. The molecule has 0 amide bonds. The maximum atomic E-state index is 12.6. The number of pyridine rings is 1. The molecule has 0 fully saturated rings. The van der Waals surface area contributed by atoms with Crippen molar-refractivity contribution in [2.45, 2.75) is 19.6 Å². The number of aryl methyl sites for hydroxylation is 1. The number of aromatic hydroxyl groups is 1. The predicted octanol–water partition coefficient (Wildman–Crippen LogP) is 5.13. The zero-order valence-electron chi connectivity index (χ0n) is 15.9. The lowest BCUT2D eigenvalue weighted by molar-refractivity contribution is -0.142. The number of hydrogen-bond acceptors (Lipinski definition) is 4. The van der Waals surface area contributed by atoms with Crippen molar-refractivity contribution in [3.8, 4) is 28.6 Å². The Morgan fingerprint density at radius 3 is 2.67 bits per heavy atom. The SMILES string of the molecule is COc1cc(-c2cc(C)c3c(O)n(-c4cnn(CC(F)(F)F)c4)cc3n2)ccc1Cl. The first-order valence-electron chi connectivity index (χ1n) is 8.81. The zero-order chi connectivity index (χ0) is 21.6. The number of aromatic nitrogens is 4. The van der Waals surface area contributed by atoms with Crippen LogP contribution in [0.3, 0.4) is 0 Å². The van der Waals surface area contributed by atoms with E-state index < -0.39 is 12.7 Å². The molecule has 0 bridgehead atoms. The van der Waals surface area contributed by atoms with Crippen LogP contribution in [0.5, 0.6) is 11.6 Å². The summed E-state index contributed by atoms with van der Waals surface area (Å²) in [6.07, 6.45) is -0.361. The van der Waals surface area contributed by atoms with E-state index in [4.69, 9.17) is 16.3 Å². The van der Waals surface area contributed by atoms with Crippen molar-refractivity contribution in [2.24, 2.45) is 0 Å². The maximum absolute atomic E-state index is 12.6. The smallest absolute Gasteiger partial charge is 0.408 e. The van der Waals surface area contributed by atoms with Crippen molar-refractivity contribution in [1.82, 2.24) is 19.3 Å². The van der Waals surface area contributed by atoms with Gasteiger partial charge in [0.2, 0.25) is 5.88 Å². The summed E-state index contributed by atoms with van der Waals surface area (Å²) in [4.78, 5) is 4.60. The van der Waals surface area contributed by atoms with Gasteiger partial charge in [0.15, 0.2) is 0 Å². The Kier molecular flexibility index (Phi) is 4.85. The fourth-order valence-corrected chi connectivity index (χ4v) is 3.49. The molecular formula is C20H16ClF3N4O2. The van der Waals surface area contributed by atoms with E-state index in [1.54, 1.807) is 24.4 Å². The van der Waals surface area contributed by atoms with Crippen LogP contribution in [0.15, 0.2) is 42.9 Å². The largest absolute Gasteiger partial charge is 0.495 e. The van der Waals surface area contributed by atoms with Gasteiger partial charge in [-0.25, -0.2) is 4.98 Å². The monoisotopic (exact) mass is 436 g/mol. The van der Waals surface area contributed by atoms with Gasteiger partial charge in [-0.2, -0.15) is 18.3 Å². The number of alkyl halides is 3. The molecule has 0 radical (unpaired) electrons. The lowest BCUT2D eigenvalue weighted by atomic mass is 10.1. The van der Waals surface area contributed by atoms with Crippen molar-refractivity contribution in [3.63, 3.8) is 0 Å². The van der Waals surface area contributed by atoms with Crippen molar-refractivity contribution in [3.05, 3.63) is 53.4 Å². The van der Waals surface area contributed by atoms with Crippen LogP contribution in [-0.2, 0) is 6.54 Å². The van der Waals surface area contributed by atoms with Crippen molar-refractivity contribution in [2.75, 3.05) is 7.11 Å². The third-order valence-corrected chi connectivity index (χ3v) is 4.95. The molecule has 0 atom stereocenters. The van der Waals surface area contributed by atoms with Gasteiger partial charge in [-0.3, -0.25) is 9.25 Å². The molecule has 0 spiro atoms. The van der Waals surface area contributed by atoms with Crippen LogP contribution in [-0.4, -0.2) is 37.7 Å². The second kappa shape index (κ2) is 7.24. The molecule has 4 aromatic rings. The van der Waals surface area contributed by atoms with Gasteiger partial charge < -0.3 is 9.84 Å². The summed E-state index contributed by atoms with van der Waals surface area (Å²) in [5, 5.41) is 15.4. The average molecular weight is 437 g/mol. The number of hydrogen-bond donors (Lipinski definition) is 1. The fourth-order valence-electron chi connectivity index (χ4n) is 3.30. The Hall–Kier alpha value is -3.20. The van der Waals surface area contributed by atoms with Crippen molar-refractivity contribution < 1.29 is 23.0 Å². The Balaban J connectivity index is 1.78. The molecule has 6 nitrogen and oxygen atoms in total. The minimum atomic E-state index is -4.39. The van der Waals surface area contributed by atoms with E-state index in [9.17, 15) is 18.3 Å². The summed E-state index contributed by atoms with van der Waals surface area (Å²) in [5.41, 5.74) is 2.94. The van der Waals surface area contributed by atoms with Crippen LogP contribution in [0.2, 0.25) is 5.02 Å². The van der Waals surface area contributed by atoms with E-state index in [0.717, 1.165) is 15.8 Å². The Labute approximate surface area is 174 Å². The normalized spacial score (nSPS) is 11.9. The van der Waals surface area contributed by atoms with Gasteiger partial charge in [0, 0.05) is 18.0 Å². The number of rotatable bonds is 4. The van der Waals surface area contributed by atoms with E-state index >= 15 is 0 Å². The molecule has 0 saturated heterocycles. The number of nitrogens with zero attached hydrogens (tertiary/aromatic N) is 4. The number of benzene rings is 1. The molecule has 1 N–H and O–H groups in total. The molecule has 3 heterocycles. The quantitative estimate of drug-likeness (QED) is 0.482. The predicted molar refractivity (Wildman–Crippen MR) is 106 cm³/mol. The van der Waals surface area contributed by atoms with Gasteiger partial charge in [-0.1, -0.05) is 17.7 Å². The number of ether oxygens (including phenoxy) is 1. The van der Waals surface area contributed by atoms with Gasteiger partial charge >= 0.3 is 6.18 Å². The summed E-state index contributed by atoms with van der Waals surface area (Å²) in [7, 11) is 1.52. The molecule has 30 heavy (non-hydrogen) atoms. The standard InChI is InChI=1S/C20H16ClF3N4O2/c1-11-5-15(12-3-4-14(21)17(6-12)30-2)26-16-9-28(19(29)18(11)16)13-7-25-27(8-13)10-20(22,23)24/h3-9,29H,10H2,1-2H3. The Morgan fingerprint density at radius 1 is 1.20 bits per heavy atom. The first kappa shape index (κ1) is 20.1. The molecule has 0 aliphatic carbocycles. The Morgan fingerprint density at radius 2 is 1.97 bits per heavy atom. The molecule has 0 unspecified atom stereocenters. The van der Waals surface area contributed by atoms with Crippen LogP contribution in [0.25, 0.3) is 27.8 Å². The first-order chi connectivity index (χ1) is 14.2. The molecule has 4 rings (SSSR count).